The number of fused-ring (bicyclic) bond motifs is 3. The van der Waals surface area contributed by atoms with Crippen molar-refractivity contribution in [3.63, 3.8) is 0 Å². The first kappa shape index (κ1) is 29.5. The fraction of sp³-hybridized carbons (Fsp3) is 0.222. The number of aromatic amines is 1. The minimum atomic E-state index is -4.56. The van der Waals surface area contributed by atoms with Crippen molar-refractivity contribution in [3.8, 4) is 22.8 Å². The summed E-state index contributed by atoms with van der Waals surface area (Å²) in [5, 5.41) is 5.57. The molecule has 3 aromatic carbocycles. The second-order valence-corrected chi connectivity index (χ2v) is 11.3. The normalized spacial score (nSPS) is 14.9. The van der Waals surface area contributed by atoms with Crippen molar-refractivity contribution in [1.82, 2.24) is 19.7 Å². The van der Waals surface area contributed by atoms with E-state index < -0.39 is 17.8 Å². The number of alkyl halides is 3. The number of halogens is 3. The van der Waals surface area contributed by atoms with E-state index in [2.05, 4.69) is 17.0 Å². The Kier molecular flexibility index (Phi) is 7.43. The topological polar surface area (TPSA) is 76.3 Å². The summed E-state index contributed by atoms with van der Waals surface area (Å²) in [5.41, 5.74) is 3.89. The molecule has 0 spiro atoms. The number of carbonyl (C=O) groups is 1. The highest BCUT2D eigenvalue weighted by Crippen LogP contribution is 2.43. The highest BCUT2D eigenvalue weighted by molar-refractivity contribution is 5.96. The number of hydrogen-bond donors (Lipinski definition) is 1. The molecule has 1 amide bonds. The number of nitrogens with zero attached hydrogens (tertiary/aromatic N) is 3. The Hall–Kier alpha value is -5.25. The fourth-order valence-corrected chi connectivity index (χ4v) is 6.48. The molecule has 0 radical (unpaired) electrons. The van der Waals surface area contributed by atoms with E-state index in [1.807, 2.05) is 48.5 Å². The lowest BCUT2D eigenvalue weighted by molar-refractivity contribution is -0.137. The molecule has 0 unspecified atom stereocenters. The van der Waals surface area contributed by atoms with Gasteiger partial charge >= 0.3 is 6.18 Å². The number of benzene rings is 3. The Labute approximate surface area is 263 Å². The summed E-state index contributed by atoms with van der Waals surface area (Å²) in [6.45, 7) is 2.41. The molecule has 234 valence electrons. The van der Waals surface area contributed by atoms with Gasteiger partial charge in [-0.1, -0.05) is 49.7 Å². The van der Waals surface area contributed by atoms with Gasteiger partial charge in [0, 0.05) is 23.0 Å². The van der Waals surface area contributed by atoms with Gasteiger partial charge in [0.1, 0.15) is 23.3 Å². The molecule has 6 aromatic rings. The maximum absolute atomic E-state index is 14.6. The summed E-state index contributed by atoms with van der Waals surface area (Å²) in [6.07, 6.45) is -0.961. The number of amides is 1. The van der Waals surface area contributed by atoms with E-state index in [1.165, 1.54) is 12.1 Å². The summed E-state index contributed by atoms with van der Waals surface area (Å²) in [4.78, 5) is 19.8. The summed E-state index contributed by atoms with van der Waals surface area (Å²) >= 11 is 0. The quantitative estimate of drug-likeness (QED) is 0.194. The lowest BCUT2D eigenvalue weighted by Crippen LogP contribution is -2.40. The lowest BCUT2D eigenvalue weighted by atomic mass is 9.94. The molecule has 3 aromatic heterocycles. The third-order valence-corrected chi connectivity index (χ3v) is 8.58. The smallest absolute Gasteiger partial charge is 0.417 e. The Balaban J connectivity index is 1.36. The number of hydrogen-bond acceptors (Lipinski definition) is 4. The zero-order valence-corrected chi connectivity index (χ0v) is 25.3. The van der Waals surface area contributed by atoms with E-state index in [1.54, 1.807) is 41.1 Å². The van der Waals surface area contributed by atoms with Crippen LogP contribution in [-0.2, 0) is 19.0 Å². The number of furan rings is 1. The molecule has 7 nitrogen and oxygen atoms in total. The van der Waals surface area contributed by atoms with E-state index in [0.717, 1.165) is 46.0 Å². The maximum atomic E-state index is 14.6. The van der Waals surface area contributed by atoms with Crippen LogP contribution in [0.3, 0.4) is 0 Å². The van der Waals surface area contributed by atoms with Crippen LogP contribution < -0.4 is 4.74 Å². The Morgan fingerprint density at radius 3 is 2.59 bits per heavy atom. The number of rotatable bonds is 7. The van der Waals surface area contributed by atoms with Crippen molar-refractivity contribution >= 4 is 16.8 Å². The maximum Gasteiger partial charge on any atom is 0.417 e. The van der Waals surface area contributed by atoms with E-state index in [-0.39, 0.29) is 17.2 Å². The first-order valence-corrected chi connectivity index (χ1v) is 15.2. The molecular formula is C36H31F3N4O3. The molecule has 10 heteroatoms. The van der Waals surface area contributed by atoms with Gasteiger partial charge in [0.2, 0.25) is 0 Å². The highest BCUT2D eigenvalue weighted by Gasteiger charge is 2.39. The van der Waals surface area contributed by atoms with Gasteiger partial charge in [0.15, 0.2) is 0 Å². The van der Waals surface area contributed by atoms with Gasteiger partial charge < -0.3 is 19.0 Å². The van der Waals surface area contributed by atoms with Crippen LogP contribution in [0, 0.1) is 0 Å². The van der Waals surface area contributed by atoms with Crippen LogP contribution in [0.5, 0.6) is 5.75 Å². The van der Waals surface area contributed by atoms with E-state index in [4.69, 9.17) is 9.15 Å². The number of H-pyrrole nitrogens is 1. The number of ether oxygens (including phenoxy) is 1. The van der Waals surface area contributed by atoms with Crippen LogP contribution >= 0.6 is 0 Å². The van der Waals surface area contributed by atoms with Crippen molar-refractivity contribution < 1.29 is 27.1 Å². The van der Waals surface area contributed by atoms with Crippen LogP contribution in [-0.4, -0.2) is 39.2 Å². The van der Waals surface area contributed by atoms with Gasteiger partial charge in [-0.3, -0.25) is 4.79 Å². The first-order chi connectivity index (χ1) is 22.3. The zero-order chi connectivity index (χ0) is 32.0. The number of methoxy groups -OCH3 is 1. The number of carbonyl (C=O) groups excluding carboxylic acids is 1. The summed E-state index contributed by atoms with van der Waals surface area (Å²) in [6, 6.07) is 23.2. The second kappa shape index (κ2) is 11.6. The molecule has 1 atom stereocenters. The van der Waals surface area contributed by atoms with Crippen molar-refractivity contribution in [2.45, 2.75) is 38.4 Å². The molecular weight excluding hydrogens is 593 g/mol. The minimum absolute atomic E-state index is 0.0640. The molecule has 0 saturated heterocycles. The molecule has 46 heavy (non-hydrogen) atoms. The van der Waals surface area contributed by atoms with Crippen LogP contribution in [0.15, 0.2) is 95.5 Å². The Morgan fingerprint density at radius 2 is 1.83 bits per heavy atom. The summed E-state index contributed by atoms with van der Waals surface area (Å²) in [7, 11) is 1.61. The van der Waals surface area contributed by atoms with Gasteiger partial charge in [0.05, 0.1) is 41.5 Å². The monoisotopic (exact) mass is 624 g/mol. The van der Waals surface area contributed by atoms with Gasteiger partial charge in [-0.15, -0.1) is 0 Å². The molecule has 7 rings (SSSR count). The third-order valence-electron chi connectivity index (χ3n) is 8.58. The minimum Gasteiger partial charge on any atom is -0.497 e. The van der Waals surface area contributed by atoms with Crippen molar-refractivity contribution in [3.05, 3.63) is 125 Å². The average molecular weight is 625 g/mol. The van der Waals surface area contributed by atoms with Crippen molar-refractivity contribution in [2.24, 2.45) is 0 Å². The molecule has 4 heterocycles. The molecule has 0 bridgehead atoms. The molecule has 0 aliphatic carbocycles. The summed E-state index contributed by atoms with van der Waals surface area (Å²) in [5.74, 6) is 0.896. The Morgan fingerprint density at radius 1 is 1.04 bits per heavy atom. The van der Waals surface area contributed by atoms with E-state index >= 15 is 0 Å². The zero-order valence-electron chi connectivity index (χ0n) is 25.3. The predicted octanol–water partition coefficient (Wildman–Crippen LogP) is 8.38. The molecule has 1 aliphatic rings. The van der Waals surface area contributed by atoms with E-state index in [9.17, 15) is 18.0 Å². The van der Waals surface area contributed by atoms with Crippen LogP contribution in [0.2, 0.25) is 0 Å². The molecule has 1 N–H and O–H groups in total. The number of nitrogens with one attached hydrogen (secondary N) is 1. The lowest BCUT2D eigenvalue weighted by Gasteiger charge is -2.34. The Bertz CT molecular complexity index is 2040. The highest BCUT2D eigenvalue weighted by atomic mass is 19.4. The fourth-order valence-electron chi connectivity index (χ4n) is 6.48. The van der Waals surface area contributed by atoms with Gasteiger partial charge in [-0.05, 0) is 66.9 Å². The van der Waals surface area contributed by atoms with Crippen LogP contribution in [0.1, 0.15) is 58.0 Å². The van der Waals surface area contributed by atoms with Crippen molar-refractivity contribution in [1.29, 1.82) is 0 Å². The number of aromatic nitrogens is 3. The van der Waals surface area contributed by atoms with Gasteiger partial charge in [0.25, 0.3) is 5.91 Å². The number of para-hydroxylation sites is 1. The third kappa shape index (κ3) is 5.03. The largest absolute Gasteiger partial charge is 0.497 e. The predicted molar refractivity (Wildman–Crippen MR) is 168 cm³/mol. The molecule has 0 fully saturated rings. The van der Waals surface area contributed by atoms with Crippen molar-refractivity contribution in [2.75, 3.05) is 13.7 Å². The van der Waals surface area contributed by atoms with Gasteiger partial charge in [-0.2, -0.15) is 18.3 Å². The molecule has 1 aliphatic heterocycles. The molecule has 0 saturated carbocycles. The van der Waals surface area contributed by atoms with Crippen LogP contribution in [0.25, 0.3) is 27.9 Å². The first-order valence-electron chi connectivity index (χ1n) is 15.2. The SMILES string of the molecule is CCCc1c(C(=O)N2CCc3c([nH]c4ccc(OC)cc34)[C@H]2c2ccc(-c3ccccc3C(F)(F)F)o2)cnn1-c1ccccc1. The van der Waals surface area contributed by atoms with E-state index in [0.29, 0.717) is 36.5 Å². The average Bonchev–Trinajstić information content (AvgIpc) is 3.81. The second-order valence-electron chi connectivity index (χ2n) is 11.3. The standard InChI is InChI=1S/C36H31F3N4O3/c1-3-9-30-27(21-40-43(30)22-10-5-4-6-11-22)35(44)42-19-18-24-26-20-23(45-2)14-15-29(26)41-33(24)34(42)32-17-16-31(46-32)25-12-7-8-13-28(25)36(37,38)39/h4-8,10-17,20-21,34,41H,3,9,18-19H2,1-2H3/t34-/m1/s1. The van der Waals surface area contributed by atoms with Gasteiger partial charge in [-0.25, -0.2) is 4.68 Å². The summed E-state index contributed by atoms with van der Waals surface area (Å²) < 4.78 is 55.3. The van der Waals surface area contributed by atoms with Crippen LogP contribution in [0.4, 0.5) is 13.2 Å².